The van der Waals surface area contributed by atoms with Crippen LogP contribution in [-0.2, 0) is 9.59 Å². The van der Waals surface area contributed by atoms with E-state index in [-0.39, 0.29) is 30.9 Å². The Labute approximate surface area is 149 Å². The Kier molecular flexibility index (Phi) is 6.71. The van der Waals surface area contributed by atoms with Gasteiger partial charge in [-0.1, -0.05) is 48.0 Å². The number of nitrogens with zero attached hydrogens (tertiary/aromatic N) is 1. The molecule has 2 aromatic rings. The van der Waals surface area contributed by atoms with E-state index in [0.29, 0.717) is 0 Å². The number of amides is 2. The Balaban J connectivity index is 1.76. The number of anilines is 1. The molecule has 5 nitrogen and oxygen atoms in total. The first-order valence-electron chi connectivity index (χ1n) is 8.33. The minimum absolute atomic E-state index is 0.0662. The van der Waals surface area contributed by atoms with Gasteiger partial charge < -0.3 is 10.6 Å². The van der Waals surface area contributed by atoms with Gasteiger partial charge in [-0.05, 0) is 38.6 Å². The van der Waals surface area contributed by atoms with Crippen molar-refractivity contribution >= 4 is 17.5 Å². The molecule has 0 heterocycles. The van der Waals surface area contributed by atoms with E-state index >= 15 is 0 Å². The average Bonchev–Trinajstić information content (AvgIpc) is 2.57. The Hall–Kier alpha value is -2.66. The Morgan fingerprint density at radius 2 is 1.56 bits per heavy atom. The number of rotatable bonds is 7. The molecule has 0 unspecified atom stereocenters. The fourth-order valence-corrected chi connectivity index (χ4v) is 2.50. The highest BCUT2D eigenvalue weighted by atomic mass is 16.2. The van der Waals surface area contributed by atoms with Crippen LogP contribution in [0.1, 0.15) is 24.1 Å². The summed E-state index contributed by atoms with van der Waals surface area (Å²) < 4.78 is 0. The van der Waals surface area contributed by atoms with Crippen LogP contribution in [-0.4, -0.2) is 36.9 Å². The van der Waals surface area contributed by atoms with Crippen molar-refractivity contribution in [2.45, 2.75) is 19.9 Å². The van der Waals surface area contributed by atoms with Crippen molar-refractivity contribution in [3.63, 3.8) is 0 Å². The van der Waals surface area contributed by atoms with Gasteiger partial charge in [0.15, 0.2) is 0 Å². The smallest absolute Gasteiger partial charge is 0.238 e. The zero-order valence-corrected chi connectivity index (χ0v) is 15.0. The number of hydrogen-bond donors (Lipinski definition) is 2. The zero-order chi connectivity index (χ0) is 18.2. The molecule has 5 heteroatoms. The number of likely N-dealkylation sites (N-methyl/N-ethyl adjacent to an activating group) is 1. The lowest BCUT2D eigenvalue weighted by atomic mass is 10.1. The third-order valence-electron chi connectivity index (χ3n) is 3.84. The van der Waals surface area contributed by atoms with Crippen molar-refractivity contribution in [1.82, 2.24) is 10.2 Å². The maximum Gasteiger partial charge on any atom is 0.238 e. The quantitative estimate of drug-likeness (QED) is 0.815. The highest BCUT2D eigenvalue weighted by Gasteiger charge is 2.13. The first-order valence-corrected chi connectivity index (χ1v) is 8.33. The summed E-state index contributed by atoms with van der Waals surface area (Å²) in [4.78, 5) is 25.9. The van der Waals surface area contributed by atoms with Crippen molar-refractivity contribution in [2.24, 2.45) is 0 Å². The first-order chi connectivity index (χ1) is 11.9. The molecule has 0 saturated carbocycles. The molecular weight excluding hydrogens is 314 g/mol. The largest absolute Gasteiger partial charge is 0.348 e. The fraction of sp³-hybridized carbons (Fsp3) is 0.300. The molecule has 0 aliphatic heterocycles. The van der Waals surface area contributed by atoms with Crippen LogP contribution in [0.5, 0.6) is 0 Å². The third-order valence-corrected chi connectivity index (χ3v) is 3.84. The van der Waals surface area contributed by atoms with E-state index in [2.05, 4.69) is 10.6 Å². The number of nitrogens with one attached hydrogen (secondary N) is 2. The number of benzene rings is 2. The van der Waals surface area contributed by atoms with Gasteiger partial charge in [-0.3, -0.25) is 14.5 Å². The first kappa shape index (κ1) is 18.7. The van der Waals surface area contributed by atoms with E-state index in [1.807, 2.05) is 68.4 Å². The predicted octanol–water partition coefficient (Wildman–Crippen LogP) is 2.74. The van der Waals surface area contributed by atoms with Gasteiger partial charge in [-0.25, -0.2) is 0 Å². The van der Waals surface area contributed by atoms with Crippen molar-refractivity contribution < 1.29 is 9.59 Å². The van der Waals surface area contributed by atoms with E-state index in [1.165, 1.54) is 0 Å². The molecule has 2 aromatic carbocycles. The Morgan fingerprint density at radius 1 is 0.960 bits per heavy atom. The molecule has 2 amide bonds. The lowest BCUT2D eigenvalue weighted by Crippen LogP contribution is -2.39. The van der Waals surface area contributed by atoms with Crippen LogP contribution >= 0.6 is 0 Å². The standard InChI is InChI=1S/C20H25N3O2/c1-15-9-11-18(12-10-15)22-20(25)14-23(3)13-19(24)21-16(2)17-7-5-4-6-8-17/h4-12,16H,13-14H2,1-3H3,(H,21,24)(H,22,25)/t16-/m1/s1. The maximum absolute atomic E-state index is 12.1. The molecule has 0 saturated heterocycles. The van der Waals surface area contributed by atoms with Crippen LogP contribution in [0.2, 0.25) is 0 Å². The van der Waals surface area contributed by atoms with E-state index in [0.717, 1.165) is 16.8 Å². The van der Waals surface area contributed by atoms with E-state index < -0.39 is 0 Å². The Morgan fingerprint density at radius 3 is 2.20 bits per heavy atom. The van der Waals surface area contributed by atoms with Crippen LogP contribution in [0.3, 0.4) is 0 Å². The number of aryl methyl sites for hydroxylation is 1. The van der Waals surface area contributed by atoms with Gasteiger partial charge in [0.25, 0.3) is 0 Å². The molecule has 0 aromatic heterocycles. The molecule has 0 aliphatic carbocycles. The monoisotopic (exact) mass is 339 g/mol. The summed E-state index contributed by atoms with van der Waals surface area (Å²) in [5.74, 6) is -0.253. The second-order valence-corrected chi connectivity index (χ2v) is 6.29. The van der Waals surface area contributed by atoms with E-state index in [4.69, 9.17) is 0 Å². The van der Waals surface area contributed by atoms with Gasteiger partial charge in [0.1, 0.15) is 0 Å². The summed E-state index contributed by atoms with van der Waals surface area (Å²) in [5, 5.41) is 5.77. The van der Waals surface area contributed by atoms with E-state index in [9.17, 15) is 9.59 Å². The average molecular weight is 339 g/mol. The normalized spacial score (nSPS) is 11.8. The lowest BCUT2D eigenvalue weighted by Gasteiger charge is -2.19. The summed E-state index contributed by atoms with van der Waals surface area (Å²) in [6.07, 6.45) is 0. The van der Waals surface area contributed by atoms with Gasteiger partial charge in [0.05, 0.1) is 19.1 Å². The van der Waals surface area contributed by atoms with Crippen molar-refractivity contribution in [2.75, 3.05) is 25.5 Å². The summed E-state index contributed by atoms with van der Waals surface area (Å²) in [5.41, 5.74) is 2.95. The molecule has 0 radical (unpaired) electrons. The highest BCUT2D eigenvalue weighted by molar-refractivity contribution is 5.92. The number of hydrogen-bond acceptors (Lipinski definition) is 3. The van der Waals surface area contributed by atoms with E-state index in [1.54, 1.807) is 11.9 Å². The molecule has 0 bridgehead atoms. The highest BCUT2D eigenvalue weighted by Crippen LogP contribution is 2.11. The summed E-state index contributed by atoms with van der Waals surface area (Å²) in [7, 11) is 1.75. The second-order valence-electron chi connectivity index (χ2n) is 6.29. The van der Waals surface area contributed by atoms with Gasteiger partial charge in [-0.2, -0.15) is 0 Å². The molecule has 2 rings (SSSR count). The molecule has 0 aliphatic rings. The van der Waals surface area contributed by atoms with Crippen LogP contribution in [0.25, 0.3) is 0 Å². The second kappa shape index (κ2) is 8.99. The van der Waals surface area contributed by atoms with Gasteiger partial charge >= 0.3 is 0 Å². The van der Waals surface area contributed by atoms with Gasteiger partial charge in [0, 0.05) is 5.69 Å². The summed E-state index contributed by atoms with van der Waals surface area (Å²) >= 11 is 0. The predicted molar refractivity (Wildman–Crippen MR) is 100 cm³/mol. The van der Waals surface area contributed by atoms with Gasteiger partial charge in [0.2, 0.25) is 11.8 Å². The molecule has 0 fully saturated rings. The topological polar surface area (TPSA) is 61.4 Å². The van der Waals surface area contributed by atoms with Crippen LogP contribution in [0.15, 0.2) is 54.6 Å². The molecule has 0 spiro atoms. The van der Waals surface area contributed by atoms with Crippen LogP contribution in [0, 0.1) is 6.92 Å². The minimum Gasteiger partial charge on any atom is -0.348 e. The Bertz CT molecular complexity index is 699. The van der Waals surface area contributed by atoms with Crippen LogP contribution in [0.4, 0.5) is 5.69 Å². The maximum atomic E-state index is 12.1. The van der Waals surface area contributed by atoms with Gasteiger partial charge in [-0.15, -0.1) is 0 Å². The fourth-order valence-electron chi connectivity index (χ4n) is 2.50. The molecular formula is C20H25N3O2. The third kappa shape index (κ3) is 6.39. The number of carbonyl (C=O) groups is 2. The minimum atomic E-state index is -0.143. The summed E-state index contributed by atoms with van der Waals surface area (Å²) in [6, 6.07) is 17.3. The molecule has 132 valence electrons. The summed E-state index contributed by atoms with van der Waals surface area (Å²) in [6.45, 7) is 4.26. The molecule has 1 atom stereocenters. The van der Waals surface area contributed by atoms with Crippen molar-refractivity contribution in [3.05, 3.63) is 65.7 Å². The zero-order valence-electron chi connectivity index (χ0n) is 15.0. The van der Waals surface area contributed by atoms with Crippen molar-refractivity contribution in [1.29, 1.82) is 0 Å². The molecule has 25 heavy (non-hydrogen) atoms. The van der Waals surface area contributed by atoms with Crippen molar-refractivity contribution in [3.8, 4) is 0 Å². The van der Waals surface area contributed by atoms with Crippen LogP contribution < -0.4 is 10.6 Å². The number of carbonyl (C=O) groups excluding carboxylic acids is 2. The SMILES string of the molecule is Cc1ccc(NC(=O)CN(C)CC(=O)N[C@H](C)c2ccccc2)cc1. The molecule has 2 N–H and O–H groups in total. The lowest BCUT2D eigenvalue weighted by molar-refractivity contribution is -0.123.